The summed E-state index contributed by atoms with van der Waals surface area (Å²) >= 11 is 5.34. The minimum absolute atomic E-state index is 0.519. The molecule has 0 aromatic heterocycles. The number of aryl methyl sites for hydroxylation is 3. The van der Waals surface area contributed by atoms with Crippen LogP contribution in [0, 0.1) is 13.8 Å². The molecule has 2 N–H and O–H groups in total. The molecular formula is C18H19N3S. The van der Waals surface area contributed by atoms with Crippen molar-refractivity contribution in [2.24, 2.45) is 5.10 Å². The molecule has 0 heterocycles. The summed E-state index contributed by atoms with van der Waals surface area (Å²) in [6.45, 7) is 4.13. The highest BCUT2D eigenvalue weighted by Gasteiger charge is 2.16. The van der Waals surface area contributed by atoms with E-state index < -0.39 is 0 Å². The largest absolute Gasteiger partial charge is 0.331 e. The second-order valence-corrected chi connectivity index (χ2v) is 6.01. The Morgan fingerprint density at radius 1 is 1.09 bits per heavy atom. The molecule has 22 heavy (non-hydrogen) atoms. The Labute approximate surface area is 136 Å². The zero-order valence-corrected chi connectivity index (χ0v) is 13.6. The molecule has 0 aliphatic heterocycles. The Balaban J connectivity index is 1.68. The summed E-state index contributed by atoms with van der Waals surface area (Å²) in [6, 6.07) is 14.6. The highest BCUT2D eigenvalue weighted by Crippen LogP contribution is 2.21. The third-order valence-corrected chi connectivity index (χ3v) is 4.09. The van der Waals surface area contributed by atoms with Gasteiger partial charge in [-0.05, 0) is 61.7 Å². The summed E-state index contributed by atoms with van der Waals surface area (Å²) in [4.78, 5) is 0. The first-order chi connectivity index (χ1) is 10.6. The molecule has 3 rings (SSSR count). The maximum Gasteiger partial charge on any atom is 0.191 e. The summed E-state index contributed by atoms with van der Waals surface area (Å²) in [5.74, 6) is 0. The summed E-state index contributed by atoms with van der Waals surface area (Å²) in [6.07, 6.45) is 2.01. The van der Waals surface area contributed by atoms with Crippen molar-refractivity contribution in [3.8, 4) is 0 Å². The van der Waals surface area contributed by atoms with Crippen LogP contribution in [0.15, 0.2) is 47.6 Å². The molecule has 0 saturated carbocycles. The zero-order valence-electron chi connectivity index (χ0n) is 12.8. The fraction of sp³-hybridized carbons (Fsp3) is 0.222. The van der Waals surface area contributed by atoms with Crippen molar-refractivity contribution >= 4 is 28.7 Å². The maximum absolute atomic E-state index is 5.34. The fourth-order valence-corrected chi connectivity index (χ4v) is 2.82. The van der Waals surface area contributed by atoms with Gasteiger partial charge in [0.1, 0.15) is 0 Å². The molecule has 4 heteroatoms. The van der Waals surface area contributed by atoms with E-state index >= 15 is 0 Å². The van der Waals surface area contributed by atoms with Crippen LogP contribution in [0.25, 0.3) is 0 Å². The van der Waals surface area contributed by atoms with Crippen molar-refractivity contribution < 1.29 is 0 Å². The normalized spacial score (nSPS) is 14.7. The number of hydrazone groups is 1. The summed E-state index contributed by atoms with van der Waals surface area (Å²) in [5.41, 5.74) is 10.0. The van der Waals surface area contributed by atoms with Gasteiger partial charge in [0.25, 0.3) is 0 Å². The molecule has 0 fully saturated rings. The molecule has 2 aromatic carbocycles. The van der Waals surface area contributed by atoms with Crippen LogP contribution in [0.3, 0.4) is 0 Å². The van der Waals surface area contributed by atoms with Gasteiger partial charge in [-0.2, -0.15) is 5.10 Å². The topological polar surface area (TPSA) is 36.4 Å². The molecule has 0 spiro atoms. The number of nitrogens with zero attached hydrogens (tertiary/aromatic N) is 1. The van der Waals surface area contributed by atoms with Crippen molar-refractivity contribution in [3.63, 3.8) is 0 Å². The molecule has 0 radical (unpaired) electrons. The average molecular weight is 309 g/mol. The Hall–Kier alpha value is -2.20. The number of nitrogens with one attached hydrogen (secondary N) is 2. The molecule has 0 unspecified atom stereocenters. The molecule has 2 aromatic rings. The zero-order chi connectivity index (χ0) is 15.5. The number of rotatable bonds is 2. The molecule has 3 nitrogen and oxygen atoms in total. The lowest BCUT2D eigenvalue weighted by Crippen LogP contribution is -2.25. The Morgan fingerprint density at radius 2 is 1.91 bits per heavy atom. The van der Waals surface area contributed by atoms with Gasteiger partial charge in [0.15, 0.2) is 5.11 Å². The van der Waals surface area contributed by atoms with Crippen molar-refractivity contribution in [2.45, 2.75) is 26.7 Å². The lowest BCUT2D eigenvalue weighted by atomic mass is 10.1. The van der Waals surface area contributed by atoms with Crippen LogP contribution >= 0.6 is 12.2 Å². The number of hydrogen-bond acceptors (Lipinski definition) is 2. The molecule has 1 aliphatic rings. The van der Waals surface area contributed by atoms with Gasteiger partial charge in [-0.15, -0.1) is 0 Å². The van der Waals surface area contributed by atoms with Gasteiger partial charge in [0, 0.05) is 11.3 Å². The van der Waals surface area contributed by atoms with Crippen molar-refractivity contribution in [1.29, 1.82) is 0 Å². The predicted octanol–water partition coefficient (Wildman–Crippen LogP) is 3.94. The van der Waals surface area contributed by atoms with E-state index in [0.717, 1.165) is 29.8 Å². The molecule has 0 amide bonds. The van der Waals surface area contributed by atoms with E-state index in [1.165, 1.54) is 16.7 Å². The first kappa shape index (κ1) is 14.7. The van der Waals surface area contributed by atoms with Gasteiger partial charge < -0.3 is 5.32 Å². The van der Waals surface area contributed by atoms with Crippen molar-refractivity contribution in [2.75, 3.05) is 5.32 Å². The summed E-state index contributed by atoms with van der Waals surface area (Å²) in [5, 5.41) is 8.21. The van der Waals surface area contributed by atoms with E-state index in [0.29, 0.717) is 5.11 Å². The average Bonchev–Trinajstić information content (AvgIpc) is 2.92. The van der Waals surface area contributed by atoms with E-state index in [1.54, 1.807) is 0 Å². The highest BCUT2D eigenvalue weighted by atomic mass is 32.1. The Morgan fingerprint density at radius 3 is 2.77 bits per heavy atom. The molecule has 0 atom stereocenters. The van der Waals surface area contributed by atoms with Gasteiger partial charge in [0.2, 0.25) is 0 Å². The number of fused-ring (bicyclic) bond motifs is 1. The molecular weight excluding hydrogens is 290 g/mol. The van der Waals surface area contributed by atoms with E-state index in [9.17, 15) is 0 Å². The second kappa shape index (κ2) is 6.28. The Kier molecular flexibility index (Phi) is 4.20. The predicted molar refractivity (Wildman–Crippen MR) is 96.6 cm³/mol. The van der Waals surface area contributed by atoms with E-state index in [-0.39, 0.29) is 0 Å². The third-order valence-electron chi connectivity index (χ3n) is 3.89. The van der Waals surface area contributed by atoms with Crippen LogP contribution in [0.5, 0.6) is 0 Å². The number of thiocarbonyl (C=S) groups is 1. The highest BCUT2D eigenvalue weighted by molar-refractivity contribution is 7.80. The maximum atomic E-state index is 5.34. The standard InChI is InChI=1S/C18H19N3S/c1-12-7-8-13(2)17(11-12)19-18(22)21-20-16-10-9-14-5-3-4-6-15(14)16/h3-8,11H,9-10H2,1-2H3,(H2,19,21,22)/b20-16-. The monoisotopic (exact) mass is 309 g/mol. The van der Waals surface area contributed by atoms with Gasteiger partial charge >= 0.3 is 0 Å². The van der Waals surface area contributed by atoms with Gasteiger partial charge in [0.05, 0.1) is 5.71 Å². The van der Waals surface area contributed by atoms with Crippen LogP contribution in [0.2, 0.25) is 0 Å². The quantitative estimate of drug-likeness (QED) is 0.651. The number of anilines is 1. The lowest BCUT2D eigenvalue weighted by molar-refractivity contribution is 1.01. The molecule has 1 aliphatic carbocycles. The Bertz CT molecular complexity index is 750. The van der Waals surface area contributed by atoms with Gasteiger partial charge in [-0.25, -0.2) is 0 Å². The van der Waals surface area contributed by atoms with Crippen LogP contribution in [-0.2, 0) is 6.42 Å². The van der Waals surface area contributed by atoms with Crippen molar-refractivity contribution in [1.82, 2.24) is 5.43 Å². The first-order valence-corrected chi connectivity index (χ1v) is 7.83. The second-order valence-electron chi connectivity index (χ2n) is 5.60. The minimum Gasteiger partial charge on any atom is -0.331 e. The summed E-state index contributed by atoms with van der Waals surface area (Å²) in [7, 11) is 0. The molecule has 112 valence electrons. The summed E-state index contributed by atoms with van der Waals surface area (Å²) < 4.78 is 0. The van der Waals surface area contributed by atoms with Crippen LogP contribution < -0.4 is 10.7 Å². The lowest BCUT2D eigenvalue weighted by Gasteiger charge is -2.11. The number of hydrogen-bond donors (Lipinski definition) is 2. The van der Waals surface area contributed by atoms with Crippen LogP contribution in [0.1, 0.15) is 28.7 Å². The van der Waals surface area contributed by atoms with E-state index in [4.69, 9.17) is 12.2 Å². The van der Waals surface area contributed by atoms with Crippen LogP contribution in [0.4, 0.5) is 5.69 Å². The molecule has 0 bridgehead atoms. The fourth-order valence-electron chi connectivity index (χ4n) is 2.66. The van der Waals surface area contributed by atoms with Crippen molar-refractivity contribution in [3.05, 3.63) is 64.7 Å². The SMILES string of the molecule is Cc1ccc(C)c(NC(=S)N/N=C2/CCc3ccccc32)c1. The number of benzene rings is 2. The third kappa shape index (κ3) is 3.17. The van der Waals surface area contributed by atoms with E-state index in [2.05, 4.69) is 66.1 Å². The van der Waals surface area contributed by atoms with Crippen LogP contribution in [-0.4, -0.2) is 10.8 Å². The minimum atomic E-state index is 0.519. The van der Waals surface area contributed by atoms with Gasteiger partial charge in [-0.3, -0.25) is 5.43 Å². The first-order valence-electron chi connectivity index (χ1n) is 7.42. The smallest absolute Gasteiger partial charge is 0.191 e. The van der Waals surface area contributed by atoms with Gasteiger partial charge in [-0.1, -0.05) is 36.4 Å². The molecule has 0 saturated heterocycles. The van der Waals surface area contributed by atoms with E-state index in [1.807, 2.05) is 6.07 Å².